The largest absolute Gasteiger partial charge is 0.497 e. The number of hydrogen-bond acceptors (Lipinski definition) is 5. The van der Waals surface area contributed by atoms with Crippen molar-refractivity contribution in [3.63, 3.8) is 0 Å². The van der Waals surface area contributed by atoms with Gasteiger partial charge in [0.25, 0.3) is 0 Å². The van der Waals surface area contributed by atoms with E-state index in [9.17, 15) is 0 Å². The van der Waals surface area contributed by atoms with Crippen LogP contribution < -0.4 is 18.9 Å². The van der Waals surface area contributed by atoms with Crippen LogP contribution >= 0.6 is 0 Å². The summed E-state index contributed by atoms with van der Waals surface area (Å²) in [6.45, 7) is 8.57. The van der Waals surface area contributed by atoms with Crippen molar-refractivity contribution < 1.29 is 18.9 Å². The first-order valence-electron chi connectivity index (χ1n) is 12.9. The van der Waals surface area contributed by atoms with Gasteiger partial charge in [-0.25, -0.2) is 0 Å². The fraction of sp³-hybridized carbons (Fsp3) is 0.419. The molecule has 36 heavy (non-hydrogen) atoms. The summed E-state index contributed by atoms with van der Waals surface area (Å²) in [5.74, 6) is 4.08. The van der Waals surface area contributed by atoms with Crippen LogP contribution in [-0.2, 0) is 11.8 Å². The molecule has 0 amide bonds. The lowest BCUT2D eigenvalue weighted by Gasteiger charge is -2.27. The van der Waals surface area contributed by atoms with Gasteiger partial charge in [0.05, 0.1) is 14.2 Å². The van der Waals surface area contributed by atoms with Gasteiger partial charge in [-0.1, -0.05) is 38.5 Å². The van der Waals surface area contributed by atoms with E-state index in [4.69, 9.17) is 18.9 Å². The van der Waals surface area contributed by atoms with E-state index in [0.717, 1.165) is 47.3 Å². The molecule has 192 valence electrons. The minimum absolute atomic E-state index is 0.0922. The van der Waals surface area contributed by atoms with Crippen LogP contribution in [0.15, 0.2) is 66.7 Å². The highest BCUT2D eigenvalue weighted by Gasteiger charge is 2.23. The minimum Gasteiger partial charge on any atom is -0.497 e. The molecule has 4 rings (SSSR count). The average Bonchev–Trinajstić information content (AvgIpc) is 2.91. The second kappa shape index (κ2) is 12.2. The molecule has 0 saturated carbocycles. The molecule has 0 radical (unpaired) electrons. The topological polar surface area (TPSA) is 40.2 Å². The summed E-state index contributed by atoms with van der Waals surface area (Å²) in [6, 6.07) is 22.2. The Morgan fingerprint density at radius 3 is 2.00 bits per heavy atom. The van der Waals surface area contributed by atoms with E-state index < -0.39 is 0 Å². The Hall–Kier alpha value is -3.18. The number of likely N-dealkylation sites (tertiary alicyclic amines) is 1. The first-order valence-corrected chi connectivity index (χ1v) is 12.9. The molecule has 1 saturated heterocycles. The highest BCUT2D eigenvalue weighted by molar-refractivity contribution is 5.46. The van der Waals surface area contributed by atoms with Crippen LogP contribution in [0.2, 0.25) is 0 Å². The normalized spacial score (nSPS) is 14.3. The molecule has 0 spiro atoms. The van der Waals surface area contributed by atoms with Gasteiger partial charge in [-0.3, -0.25) is 4.90 Å². The lowest BCUT2D eigenvalue weighted by atomic mass is 9.79. The Bertz CT molecular complexity index is 1090. The predicted octanol–water partition coefficient (Wildman–Crippen LogP) is 6.88. The van der Waals surface area contributed by atoms with Crippen LogP contribution in [0.1, 0.15) is 44.2 Å². The molecule has 0 unspecified atom stereocenters. The van der Waals surface area contributed by atoms with Crippen molar-refractivity contribution in [3.05, 3.63) is 77.9 Å². The smallest absolute Gasteiger partial charge is 0.134 e. The summed E-state index contributed by atoms with van der Waals surface area (Å²) in [7, 11) is 3.37. The third kappa shape index (κ3) is 6.94. The van der Waals surface area contributed by atoms with Crippen LogP contribution in [-0.4, -0.2) is 45.4 Å². The highest BCUT2D eigenvalue weighted by atomic mass is 16.5. The Kier molecular flexibility index (Phi) is 8.76. The number of ether oxygens (including phenoxy) is 4. The molecular weight excluding hydrogens is 450 g/mol. The van der Waals surface area contributed by atoms with E-state index in [1.165, 1.54) is 37.9 Å². The van der Waals surface area contributed by atoms with Gasteiger partial charge in [0.2, 0.25) is 0 Å². The number of methoxy groups -OCH3 is 2. The van der Waals surface area contributed by atoms with Crippen molar-refractivity contribution in [1.82, 2.24) is 4.90 Å². The molecule has 3 aromatic carbocycles. The van der Waals surface area contributed by atoms with Gasteiger partial charge < -0.3 is 18.9 Å². The van der Waals surface area contributed by atoms with Crippen LogP contribution in [0.5, 0.6) is 28.7 Å². The second-order valence-corrected chi connectivity index (χ2v) is 10.1. The van der Waals surface area contributed by atoms with Crippen LogP contribution in [0, 0.1) is 0 Å². The van der Waals surface area contributed by atoms with Crippen molar-refractivity contribution in [2.45, 2.75) is 44.9 Å². The second-order valence-electron chi connectivity index (χ2n) is 10.1. The molecule has 5 nitrogen and oxygen atoms in total. The zero-order valence-electron chi connectivity index (χ0n) is 22.1. The molecule has 1 aliphatic rings. The maximum absolute atomic E-state index is 6.36. The zero-order valence-corrected chi connectivity index (χ0v) is 22.1. The molecule has 0 bridgehead atoms. The van der Waals surface area contributed by atoms with E-state index in [1.807, 2.05) is 48.5 Å². The summed E-state index contributed by atoms with van der Waals surface area (Å²) >= 11 is 0. The standard InChI is InChI=1S/C31H39NO4/c1-31(2,25-9-12-26(33-3)13-10-25)23-24-8-11-29(34-4)22-30(24)36-28-16-14-27(15-17-28)35-21-20-32-18-6-5-7-19-32/h8-17,22H,5-7,18-21,23H2,1-4H3. The number of rotatable bonds is 11. The summed E-state index contributed by atoms with van der Waals surface area (Å²) in [4.78, 5) is 2.48. The van der Waals surface area contributed by atoms with Gasteiger partial charge in [-0.2, -0.15) is 0 Å². The van der Waals surface area contributed by atoms with Crippen molar-refractivity contribution in [2.24, 2.45) is 0 Å². The Labute approximate surface area is 215 Å². The lowest BCUT2D eigenvalue weighted by Crippen LogP contribution is -2.33. The third-order valence-corrected chi connectivity index (χ3v) is 6.95. The van der Waals surface area contributed by atoms with Crippen molar-refractivity contribution >= 4 is 0 Å². The molecule has 1 heterocycles. The molecule has 0 atom stereocenters. The summed E-state index contributed by atoms with van der Waals surface area (Å²) in [5.41, 5.74) is 2.28. The van der Waals surface area contributed by atoms with Crippen molar-refractivity contribution in [2.75, 3.05) is 40.5 Å². The minimum atomic E-state index is -0.0922. The Morgan fingerprint density at radius 2 is 1.33 bits per heavy atom. The summed E-state index contributed by atoms with van der Waals surface area (Å²) in [5, 5.41) is 0. The van der Waals surface area contributed by atoms with E-state index in [2.05, 4.69) is 36.9 Å². The quantitative estimate of drug-likeness (QED) is 0.294. The molecule has 0 aromatic heterocycles. The van der Waals surface area contributed by atoms with Gasteiger partial charge in [-0.15, -0.1) is 0 Å². The molecule has 1 fully saturated rings. The van der Waals surface area contributed by atoms with Crippen LogP contribution in [0.4, 0.5) is 0 Å². The molecule has 5 heteroatoms. The van der Waals surface area contributed by atoms with Gasteiger partial charge in [0, 0.05) is 12.6 Å². The third-order valence-electron chi connectivity index (χ3n) is 6.95. The predicted molar refractivity (Wildman–Crippen MR) is 145 cm³/mol. The van der Waals surface area contributed by atoms with E-state index >= 15 is 0 Å². The number of piperidine rings is 1. The molecular formula is C31H39NO4. The molecule has 1 aliphatic heterocycles. The highest BCUT2D eigenvalue weighted by Crippen LogP contribution is 2.36. The molecule has 3 aromatic rings. The van der Waals surface area contributed by atoms with E-state index in [-0.39, 0.29) is 5.41 Å². The fourth-order valence-corrected chi connectivity index (χ4v) is 4.73. The first-order chi connectivity index (χ1) is 17.5. The van der Waals surface area contributed by atoms with Crippen LogP contribution in [0.3, 0.4) is 0 Å². The molecule has 0 N–H and O–H groups in total. The maximum Gasteiger partial charge on any atom is 0.134 e. The maximum atomic E-state index is 6.36. The average molecular weight is 490 g/mol. The Balaban J connectivity index is 1.42. The number of hydrogen-bond donors (Lipinski definition) is 0. The fourth-order valence-electron chi connectivity index (χ4n) is 4.73. The van der Waals surface area contributed by atoms with Gasteiger partial charge in [0.1, 0.15) is 35.4 Å². The summed E-state index contributed by atoms with van der Waals surface area (Å²) in [6.07, 6.45) is 4.77. The van der Waals surface area contributed by atoms with Gasteiger partial charge in [-0.05, 0) is 91.4 Å². The number of nitrogens with zero attached hydrogens (tertiary/aromatic N) is 1. The first kappa shape index (κ1) is 25.9. The Morgan fingerprint density at radius 1 is 0.722 bits per heavy atom. The summed E-state index contributed by atoms with van der Waals surface area (Å²) < 4.78 is 23.1. The molecule has 0 aliphatic carbocycles. The van der Waals surface area contributed by atoms with Crippen molar-refractivity contribution in [3.8, 4) is 28.7 Å². The van der Waals surface area contributed by atoms with Crippen molar-refractivity contribution in [1.29, 1.82) is 0 Å². The number of benzene rings is 3. The monoisotopic (exact) mass is 489 g/mol. The van der Waals surface area contributed by atoms with E-state index in [1.54, 1.807) is 14.2 Å². The van der Waals surface area contributed by atoms with Gasteiger partial charge >= 0.3 is 0 Å². The van der Waals surface area contributed by atoms with Gasteiger partial charge in [0.15, 0.2) is 0 Å². The van der Waals surface area contributed by atoms with E-state index in [0.29, 0.717) is 6.61 Å². The zero-order chi connectivity index (χ0) is 25.4. The van der Waals surface area contributed by atoms with Crippen LogP contribution in [0.25, 0.3) is 0 Å². The SMILES string of the molecule is COc1ccc(C(C)(C)Cc2ccc(OC)cc2Oc2ccc(OCCN3CCCCC3)cc2)cc1. The lowest BCUT2D eigenvalue weighted by molar-refractivity contribution is 0.183.